The van der Waals surface area contributed by atoms with Gasteiger partial charge in [0.05, 0.1) is 4.90 Å². The molecule has 1 aliphatic heterocycles. The normalized spacial score (nSPS) is 22.0. The third-order valence-electron chi connectivity index (χ3n) is 2.81. The lowest BCUT2D eigenvalue weighted by Gasteiger charge is -2.29. The standard InChI is InChI=1S/C11H15BrN2O2S2/c1-8-7-14(4-5-17-8)18(15,16)9-2-3-10(12)11(13)6-9/h2-3,6,8H,4-5,7,13H2,1H3. The fourth-order valence-electron chi connectivity index (χ4n) is 1.84. The molecule has 0 radical (unpaired) electrons. The summed E-state index contributed by atoms with van der Waals surface area (Å²) in [6, 6.07) is 4.76. The van der Waals surface area contributed by atoms with Crippen LogP contribution in [-0.4, -0.2) is 36.8 Å². The molecule has 1 fully saturated rings. The minimum atomic E-state index is -3.42. The number of halogens is 1. The third-order valence-corrected chi connectivity index (χ3v) is 6.53. The molecule has 1 saturated heterocycles. The van der Waals surface area contributed by atoms with Crippen molar-refractivity contribution in [3.05, 3.63) is 22.7 Å². The van der Waals surface area contributed by atoms with Crippen molar-refractivity contribution in [2.24, 2.45) is 0 Å². The Labute approximate surface area is 120 Å². The van der Waals surface area contributed by atoms with Crippen molar-refractivity contribution >= 4 is 43.4 Å². The van der Waals surface area contributed by atoms with Crippen molar-refractivity contribution in [1.82, 2.24) is 4.31 Å². The van der Waals surface area contributed by atoms with E-state index in [9.17, 15) is 8.42 Å². The van der Waals surface area contributed by atoms with Gasteiger partial charge < -0.3 is 5.73 Å². The molecule has 1 atom stereocenters. The van der Waals surface area contributed by atoms with Gasteiger partial charge >= 0.3 is 0 Å². The lowest BCUT2D eigenvalue weighted by atomic mass is 10.3. The van der Waals surface area contributed by atoms with Crippen molar-refractivity contribution in [2.75, 3.05) is 24.6 Å². The van der Waals surface area contributed by atoms with E-state index in [1.165, 1.54) is 10.4 Å². The van der Waals surface area contributed by atoms with Gasteiger partial charge in [0.15, 0.2) is 0 Å². The number of hydrogen-bond acceptors (Lipinski definition) is 4. The Kier molecular flexibility index (Phi) is 4.25. The van der Waals surface area contributed by atoms with E-state index in [0.717, 1.165) is 5.75 Å². The van der Waals surface area contributed by atoms with Crippen LogP contribution in [0.25, 0.3) is 0 Å². The molecule has 1 aromatic carbocycles. The minimum Gasteiger partial charge on any atom is -0.398 e. The van der Waals surface area contributed by atoms with Crippen molar-refractivity contribution < 1.29 is 8.42 Å². The smallest absolute Gasteiger partial charge is 0.243 e. The number of benzene rings is 1. The number of nitrogens with zero attached hydrogens (tertiary/aromatic N) is 1. The van der Waals surface area contributed by atoms with Crippen LogP contribution in [0.1, 0.15) is 6.92 Å². The summed E-state index contributed by atoms with van der Waals surface area (Å²) in [6.07, 6.45) is 0. The van der Waals surface area contributed by atoms with Crippen LogP contribution in [0.5, 0.6) is 0 Å². The summed E-state index contributed by atoms with van der Waals surface area (Å²) < 4.78 is 27.1. The zero-order valence-corrected chi connectivity index (χ0v) is 13.2. The summed E-state index contributed by atoms with van der Waals surface area (Å²) in [5.74, 6) is 0.840. The van der Waals surface area contributed by atoms with Crippen molar-refractivity contribution in [2.45, 2.75) is 17.1 Å². The Morgan fingerprint density at radius 1 is 1.50 bits per heavy atom. The van der Waals surface area contributed by atoms with Crippen molar-refractivity contribution in [1.29, 1.82) is 0 Å². The van der Waals surface area contributed by atoms with E-state index in [-0.39, 0.29) is 4.90 Å². The number of nitrogen functional groups attached to an aromatic ring is 1. The quantitative estimate of drug-likeness (QED) is 0.830. The van der Waals surface area contributed by atoms with E-state index < -0.39 is 10.0 Å². The molecule has 1 heterocycles. The van der Waals surface area contributed by atoms with E-state index in [4.69, 9.17) is 5.73 Å². The Bertz CT molecular complexity index is 548. The SMILES string of the molecule is CC1CN(S(=O)(=O)c2ccc(Br)c(N)c2)CCS1. The first-order chi connectivity index (χ1) is 8.41. The highest BCUT2D eigenvalue weighted by molar-refractivity contribution is 9.10. The molecule has 2 N–H and O–H groups in total. The second-order valence-corrected chi connectivity index (χ2v) is 8.57. The highest BCUT2D eigenvalue weighted by Crippen LogP contribution is 2.27. The molecule has 4 nitrogen and oxygen atoms in total. The highest BCUT2D eigenvalue weighted by atomic mass is 79.9. The topological polar surface area (TPSA) is 63.4 Å². The Balaban J connectivity index is 2.32. The number of thioether (sulfide) groups is 1. The predicted molar refractivity (Wildman–Crippen MR) is 79.2 cm³/mol. The average Bonchev–Trinajstić information content (AvgIpc) is 2.32. The molecule has 7 heteroatoms. The molecule has 0 aliphatic carbocycles. The van der Waals surface area contributed by atoms with Crippen molar-refractivity contribution in [3.63, 3.8) is 0 Å². The molecule has 0 spiro atoms. The molecule has 0 saturated carbocycles. The van der Waals surface area contributed by atoms with Gasteiger partial charge in [0.25, 0.3) is 0 Å². The summed E-state index contributed by atoms with van der Waals surface area (Å²) in [5.41, 5.74) is 6.18. The molecule has 0 bridgehead atoms. The van der Waals surface area contributed by atoms with E-state index >= 15 is 0 Å². The first-order valence-corrected chi connectivity index (χ1v) is 8.86. The molecule has 1 aliphatic rings. The molecule has 1 unspecified atom stereocenters. The lowest BCUT2D eigenvalue weighted by molar-refractivity contribution is 0.424. The molecular formula is C11H15BrN2O2S2. The van der Waals surface area contributed by atoms with Crippen LogP contribution in [-0.2, 0) is 10.0 Å². The molecule has 0 amide bonds. The fourth-order valence-corrected chi connectivity index (χ4v) is 4.87. The first kappa shape index (κ1) is 14.2. The van der Waals surface area contributed by atoms with E-state index in [0.29, 0.717) is 28.5 Å². The van der Waals surface area contributed by atoms with E-state index in [2.05, 4.69) is 15.9 Å². The summed E-state index contributed by atoms with van der Waals surface area (Å²) >= 11 is 5.07. The maximum atomic E-state index is 12.4. The number of anilines is 1. The van der Waals surface area contributed by atoms with E-state index in [1.54, 1.807) is 23.9 Å². The largest absolute Gasteiger partial charge is 0.398 e. The first-order valence-electron chi connectivity index (χ1n) is 5.58. The monoisotopic (exact) mass is 350 g/mol. The van der Waals surface area contributed by atoms with Gasteiger partial charge in [-0.1, -0.05) is 6.92 Å². The molecular weight excluding hydrogens is 336 g/mol. The average molecular weight is 351 g/mol. The lowest BCUT2D eigenvalue weighted by Crippen LogP contribution is -2.40. The zero-order chi connectivity index (χ0) is 13.3. The second-order valence-electron chi connectivity index (χ2n) is 4.23. The summed E-state index contributed by atoms with van der Waals surface area (Å²) in [4.78, 5) is 0.266. The second kappa shape index (κ2) is 5.40. The summed E-state index contributed by atoms with van der Waals surface area (Å²) in [6.45, 7) is 3.17. The van der Waals surface area contributed by atoms with Crippen LogP contribution >= 0.6 is 27.7 Å². The summed E-state index contributed by atoms with van der Waals surface area (Å²) in [7, 11) is -3.42. The highest BCUT2D eigenvalue weighted by Gasteiger charge is 2.29. The van der Waals surface area contributed by atoms with E-state index in [1.807, 2.05) is 6.92 Å². The Hall–Kier alpha value is -0.240. The van der Waals surface area contributed by atoms with Gasteiger partial charge in [-0.15, -0.1) is 0 Å². The van der Waals surface area contributed by atoms with Crippen molar-refractivity contribution in [3.8, 4) is 0 Å². The van der Waals surface area contributed by atoms with Crippen LogP contribution in [0.15, 0.2) is 27.6 Å². The number of nitrogens with two attached hydrogens (primary N) is 1. The number of hydrogen-bond donors (Lipinski definition) is 1. The van der Waals surface area contributed by atoms with Gasteiger partial charge in [-0.05, 0) is 34.1 Å². The van der Waals surface area contributed by atoms with Crippen LogP contribution in [0.4, 0.5) is 5.69 Å². The van der Waals surface area contributed by atoms with Gasteiger partial charge in [-0.3, -0.25) is 0 Å². The predicted octanol–water partition coefficient (Wildman–Crippen LogP) is 2.16. The molecule has 2 rings (SSSR count). The third kappa shape index (κ3) is 2.84. The van der Waals surface area contributed by atoms with Crippen LogP contribution in [0, 0.1) is 0 Å². The molecule has 18 heavy (non-hydrogen) atoms. The number of rotatable bonds is 2. The van der Waals surface area contributed by atoms with Gasteiger partial charge in [0.2, 0.25) is 10.0 Å². The van der Waals surface area contributed by atoms with Crippen LogP contribution < -0.4 is 5.73 Å². The maximum Gasteiger partial charge on any atom is 0.243 e. The van der Waals surface area contributed by atoms with Gasteiger partial charge in [-0.25, -0.2) is 8.42 Å². The fraction of sp³-hybridized carbons (Fsp3) is 0.455. The van der Waals surface area contributed by atoms with Crippen LogP contribution in [0.3, 0.4) is 0 Å². The van der Waals surface area contributed by atoms with Gasteiger partial charge in [0, 0.05) is 34.3 Å². The Morgan fingerprint density at radius 2 is 2.22 bits per heavy atom. The molecule has 1 aromatic rings. The number of sulfonamides is 1. The zero-order valence-electron chi connectivity index (χ0n) is 9.97. The van der Waals surface area contributed by atoms with Crippen LogP contribution in [0.2, 0.25) is 0 Å². The van der Waals surface area contributed by atoms with Gasteiger partial charge in [0.1, 0.15) is 0 Å². The maximum absolute atomic E-state index is 12.4. The molecule has 100 valence electrons. The molecule has 0 aromatic heterocycles. The van der Waals surface area contributed by atoms with Gasteiger partial charge in [-0.2, -0.15) is 16.1 Å². The summed E-state index contributed by atoms with van der Waals surface area (Å²) in [5, 5.41) is 0.335. The Morgan fingerprint density at radius 3 is 2.83 bits per heavy atom. The minimum absolute atomic E-state index is 0.266.